The molecule has 1 unspecified atom stereocenters. The summed E-state index contributed by atoms with van der Waals surface area (Å²) in [5.41, 5.74) is 7.28. The second-order valence-electron chi connectivity index (χ2n) is 5.96. The van der Waals surface area contributed by atoms with Crippen LogP contribution in [-0.4, -0.2) is 5.54 Å². The Morgan fingerprint density at radius 1 is 1.23 bits per heavy atom. The first kappa shape index (κ1) is 8.28. The molecule has 0 amide bonds. The van der Waals surface area contributed by atoms with Gasteiger partial charge in [-0.05, 0) is 62.2 Å². The van der Waals surface area contributed by atoms with Crippen LogP contribution in [0.2, 0.25) is 0 Å². The number of hydrogen-bond donors (Lipinski definition) is 1. The van der Waals surface area contributed by atoms with Crippen molar-refractivity contribution in [2.24, 2.45) is 23.0 Å². The summed E-state index contributed by atoms with van der Waals surface area (Å²) in [6.45, 7) is 2.45. The molecule has 3 aliphatic rings. The van der Waals surface area contributed by atoms with E-state index >= 15 is 0 Å². The van der Waals surface area contributed by atoms with Crippen LogP contribution >= 0.6 is 0 Å². The SMILES string of the molecule is CC(CC1(C2(N)CC2)CC1)C1CC1. The van der Waals surface area contributed by atoms with Crippen molar-refractivity contribution in [3.63, 3.8) is 0 Å². The lowest BCUT2D eigenvalue weighted by Gasteiger charge is -2.26. The third-order valence-electron chi connectivity index (χ3n) is 4.84. The van der Waals surface area contributed by atoms with Crippen molar-refractivity contribution < 1.29 is 0 Å². The first-order chi connectivity index (χ1) is 6.15. The minimum atomic E-state index is 0.302. The summed E-state index contributed by atoms with van der Waals surface area (Å²) in [5, 5.41) is 0. The maximum Gasteiger partial charge on any atom is 0.0212 e. The van der Waals surface area contributed by atoms with Gasteiger partial charge >= 0.3 is 0 Å². The second kappa shape index (κ2) is 2.31. The van der Waals surface area contributed by atoms with E-state index in [0.29, 0.717) is 11.0 Å². The predicted octanol–water partition coefficient (Wildman–Crippen LogP) is 2.69. The molecule has 0 radical (unpaired) electrons. The first-order valence-electron chi connectivity index (χ1n) is 5.94. The molecular weight excluding hydrogens is 158 g/mol. The summed E-state index contributed by atoms with van der Waals surface area (Å²) in [7, 11) is 0. The lowest BCUT2D eigenvalue weighted by Crippen LogP contribution is -2.35. The maximum absolute atomic E-state index is 6.36. The van der Waals surface area contributed by atoms with Gasteiger partial charge in [0.2, 0.25) is 0 Å². The highest BCUT2D eigenvalue weighted by atomic mass is 14.9. The van der Waals surface area contributed by atoms with Crippen LogP contribution in [0.15, 0.2) is 0 Å². The Hall–Kier alpha value is -0.0400. The molecule has 0 aromatic carbocycles. The van der Waals surface area contributed by atoms with Gasteiger partial charge in [-0.1, -0.05) is 6.92 Å². The zero-order valence-electron chi connectivity index (χ0n) is 8.68. The predicted molar refractivity (Wildman–Crippen MR) is 54.3 cm³/mol. The Kier molecular flexibility index (Phi) is 1.47. The van der Waals surface area contributed by atoms with Gasteiger partial charge in [0.1, 0.15) is 0 Å². The van der Waals surface area contributed by atoms with Crippen molar-refractivity contribution in [1.82, 2.24) is 0 Å². The molecule has 0 aliphatic heterocycles. The van der Waals surface area contributed by atoms with Gasteiger partial charge in [0.25, 0.3) is 0 Å². The quantitative estimate of drug-likeness (QED) is 0.705. The van der Waals surface area contributed by atoms with Gasteiger partial charge in [-0.15, -0.1) is 0 Å². The molecule has 74 valence electrons. The Bertz CT molecular complexity index is 221. The van der Waals surface area contributed by atoms with Crippen molar-refractivity contribution in [3.8, 4) is 0 Å². The average Bonchev–Trinajstić information content (AvgIpc) is 2.93. The number of nitrogens with two attached hydrogens (primary N) is 1. The minimum Gasteiger partial charge on any atom is -0.325 e. The van der Waals surface area contributed by atoms with E-state index in [1.54, 1.807) is 0 Å². The smallest absolute Gasteiger partial charge is 0.0212 e. The van der Waals surface area contributed by atoms with Crippen LogP contribution in [0.25, 0.3) is 0 Å². The van der Waals surface area contributed by atoms with Crippen molar-refractivity contribution in [2.75, 3.05) is 0 Å². The summed E-state index contributed by atoms with van der Waals surface area (Å²) in [5.74, 6) is 2.03. The summed E-state index contributed by atoms with van der Waals surface area (Å²) in [4.78, 5) is 0. The number of hydrogen-bond acceptors (Lipinski definition) is 1. The zero-order valence-corrected chi connectivity index (χ0v) is 8.68. The highest BCUT2D eigenvalue weighted by molar-refractivity contribution is 5.19. The summed E-state index contributed by atoms with van der Waals surface area (Å²) >= 11 is 0. The fraction of sp³-hybridized carbons (Fsp3) is 1.00. The topological polar surface area (TPSA) is 26.0 Å². The van der Waals surface area contributed by atoms with Crippen LogP contribution in [-0.2, 0) is 0 Å². The molecule has 0 aromatic rings. The van der Waals surface area contributed by atoms with Crippen LogP contribution < -0.4 is 5.73 Å². The highest BCUT2D eigenvalue weighted by Gasteiger charge is 2.63. The Morgan fingerprint density at radius 3 is 2.23 bits per heavy atom. The molecule has 3 aliphatic carbocycles. The second-order valence-corrected chi connectivity index (χ2v) is 5.96. The van der Waals surface area contributed by atoms with E-state index in [2.05, 4.69) is 6.92 Å². The van der Waals surface area contributed by atoms with Crippen molar-refractivity contribution in [3.05, 3.63) is 0 Å². The molecule has 3 rings (SSSR count). The van der Waals surface area contributed by atoms with E-state index in [1.165, 1.54) is 44.9 Å². The molecule has 2 N–H and O–H groups in total. The van der Waals surface area contributed by atoms with E-state index in [-0.39, 0.29) is 0 Å². The van der Waals surface area contributed by atoms with Gasteiger partial charge in [-0.25, -0.2) is 0 Å². The molecular formula is C12H21N. The maximum atomic E-state index is 6.36. The van der Waals surface area contributed by atoms with Crippen molar-refractivity contribution in [1.29, 1.82) is 0 Å². The summed E-state index contributed by atoms with van der Waals surface area (Å²) in [6, 6.07) is 0. The Labute approximate surface area is 81.1 Å². The molecule has 13 heavy (non-hydrogen) atoms. The van der Waals surface area contributed by atoms with Crippen molar-refractivity contribution >= 4 is 0 Å². The highest BCUT2D eigenvalue weighted by Crippen LogP contribution is 2.66. The molecule has 3 saturated carbocycles. The van der Waals surface area contributed by atoms with E-state index < -0.39 is 0 Å². The standard InChI is InChI=1S/C12H21N/c1-9(10-2-3-10)8-11(4-5-11)12(13)6-7-12/h9-10H,2-8,13H2,1H3. The van der Waals surface area contributed by atoms with E-state index in [4.69, 9.17) is 5.73 Å². The molecule has 0 saturated heterocycles. The summed E-state index contributed by atoms with van der Waals surface area (Å²) < 4.78 is 0. The van der Waals surface area contributed by atoms with Gasteiger partial charge in [-0.3, -0.25) is 0 Å². The Morgan fingerprint density at radius 2 is 1.85 bits per heavy atom. The molecule has 0 bridgehead atoms. The summed E-state index contributed by atoms with van der Waals surface area (Å²) in [6.07, 6.45) is 9.91. The van der Waals surface area contributed by atoms with Gasteiger partial charge in [0.15, 0.2) is 0 Å². The largest absolute Gasteiger partial charge is 0.325 e. The molecule has 0 heterocycles. The average molecular weight is 179 g/mol. The third-order valence-corrected chi connectivity index (χ3v) is 4.84. The van der Waals surface area contributed by atoms with E-state index in [1.807, 2.05) is 0 Å². The van der Waals surface area contributed by atoms with Crippen molar-refractivity contribution in [2.45, 2.75) is 57.4 Å². The monoisotopic (exact) mass is 179 g/mol. The molecule has 0 aromatic heterocycles. The fourth-order valence-corrected chi connectivity index (χ4v) is 3.17. The first-order valence-corrected chi connectivity index (χ1v) is 5.94. The fourth-order valence-electron chi connectivity index (χ4n) is 3.17. The van der Waals surface area contributed by atoms with Gasteiger partial charge in [0.05, 0.1) is 0 Å². The lowest BCUT2D eigenvalue weighted by molar-refractivity contribution is 0.279. The van der Waals surface area contributed by atoms with E-state index in [9.17, 15) is 0 Å². The zero-order chi connectivity index (χ0) is 9.10. The van der Waals surface area contributed by atoms with Crippen LogP contribution in [0.4, 0.5) is 0 Å². The lowest BCUT2D eigenvalue weighted by atomic mass is 9.83. The number of rotatable bonds is 4. The molecule has 1 heteroatoms. The van der Waals surface area contributed by atoms with Crippen LogP contribution in [0, 0.1) is 17.3 Å². The van der Waals surface area contributed by atoms with Gasteiger partial charge < -0.3 is 5.73 Å². The van der Waals surface area contributed by atoms with Crippen LogP contribution in [0.1, 0.15) is 51.9 Å². The van der Waals surface area contributed by atoms with Gasteiger partial charge in [-0.2, -0.15) is 0 Å². The molecule has 1 atom stereocenters. The molecule has 3 fully saturated rings. The van der Waals surface area contributed by atoms with Crippen LogP contribution in [0.3, 0.4) is 0 Å². The molecule has 1 nitrogen and oxygen atoms in total. The van der Waals surface area contributed by atoms with Crippen LogP contribution in [0.5, 0.6) is 0 Å². The van der Waals surface area contributed by atoms with Gasteiger partial charge in [0, 0.05) is 5.54 Å². The normalized spacial score (nSPS) is 35.5. The minimum absolute atomic E-state index is 0.302. The molecule has 0 spiro atoms. The van der Waals surface area contributed by atoms with E-state index in [0.717, 1.165) is 11.8 Å². The third kappa shape index (κ3) is 1.24. The Balaban J connectivity index is 1.64.